The second-order valence-electron chi connectivity index (χ2n) is 5.14. The molecule has 0 fully saturated rings. The summed E-state index contributed by atoms with van der Waals surface area (Å²) in [7, 11) is 0. The monoisotopic (exact) mass is 401 g/mol. The van der Waals surface area contributed by atoms with Crippen LogP contribution in [0, 0.1) is 0 Å². The van der Waals surface area contributed by atoms with Crippen molar-refractivity contribution in [3.63, 3.8) is 0 Å². The molecular formula is C14H13Br2NO3. The first-order valence-electron chi connectivity index (χ1n) is 5.91. The number of ether oxygens (including phenoxy) is 2. The average Bonchev–Trinajstić information content (AvgIpc) is 2.32. The molecule has 2 rings (SSSR count). The Morgan fingerprint density at radius 2 is 1.95 bits per heavy atom. The molecule has 1 heterocycles. The third-order valence-corrected chi connectivity index (χ3v) is 3.57. The zero-order valence-electron chi connectivity index (χ0n) is 11.2. The van der Waals surface area contributed by atoms with Crippen molar-refractivity contribution in [1.29, 1.82) is 0 Å². The van der Waals surface area contributed by atoms with Gasteiger partial charge in [-0.05, 0) is 48.8 Å². The molecule has 0 unspecified atom stereocenters. The molecule has 106 valence electrons. The molecule has 6 heteroatoms. The first-order chi connectivity index (χ1) is 9.28. The van der Waals surface area contributed by atoms with Crippen LogP contribution < -0.4 is 4.74 Å². The van der Waals surface area contributed by atoms with E-state index in [0.717, 1.165) is 9.86 Å². The number of carbonyl (C=O) groups is 1. The maximum absolute atomic E-state index is 11.8. The van der Waals surface area contributed by atoms with Crippen LogP contribution in [0.3, 0.4) is 0 Å². The Kier molecular flexibility index (Phi) is 4.34. The van der Waals surface area contributed by atoms with E-state index in [-0.39, 0.29) is 0 Å². The van der Waals surface area contributed by atoms with Crippen LogP contribution in [0.25, 0.3) is 10.9 Å². The summed E-state index contributed by atoms with van der Waals surface area (Å²) < 4.78 is 11.9. The molecule has 1 aromatic heterocycles. The number of pyridine rings is 1. The van der Waals surface area contributed by atoms with E-state index in [1.165, 1.54) is 0 Å². The molecule has 1 aromatic carbocycles. The third-order valence-electron chi connectivity index (χ3n) is 2.33. The van der Waals surface area contributed by atoms with Crippen LogP contribution in [0.15, 0.2) is 33.3 Å². The van der Waals surface area contributed by atoms with Gasteiger partial charge in [0.2, 0.25) is 0 Å². The number of halogens is 2. The molecule has 0 saturated heterocycles. The summed E-state index contributed by atoms with van der Waals surface area (Å²) in [6.07, 6.45) is 0.885. The highest BCUT2D eigenvalue weighted by Crippen LogP contribution is 2.37. The SMILES string of the molecule is CC(C)(C)OC(=O)Oc1c(Br)cc(Br)c2cccnc12. The van der Waals surface area contributed by atoms with Crippen LogP contribution >= 0.6 is 31.9 Å². The largest absolute Gasteiger partial charge is 0.514 e. The van der Waals surface area contributed by atoms with Gasteiger partial charge in [0.25, 0.3) is 0 Å². The molecule has 20 heavy (non-hydrogen) atoms. The van der Waals surface area contributed by atoms with E-state index in [1.807, 2.05) is 18.2 Å². The topological polar surface area (TPSA) is 48.4 Å². The Morgan fingerprint density at radius 3 is 2.60 bits per heavy atom. The van der Waals surface area contributed by atoms with Crippen LogP contribution in [0.2, 0.25) is 0 Å². The van der Waals surface area contributed by atoms with Crippen LogP contribution in [0.4, 0.5) is 4.79 Å². The zero-order chi connectivity index (χ0) is 14.9. The molecule has 4 nitrogen and oxygen atoms in total. The summed E-state index contributed by atoms with van der Waals surface area (Å²) in [5.74, 6) is 0.345. The lowest BCUT2D eigenvalue weighted by atomic mass is 10.2. The van der Waals surface area contributed by atoms with Gasteiger partial charge in [0.15, 0.2) is 5.75 Å². The summed E-state index contributed by atoms with van der Waals surface area (Å²) in [6, 6.07) is 5.52. The maximum atomic E-state index is 11.8. The molecule has 0 N–H and O–H groups in total. The van der Waals surface area contributed by atoms with E-state index in [9.17, 15) is 4.79 Å². The Morgan fingerprint density at radius 1 is 1.25 bits per heavy atom. The minimum Gasteiger partial charge on any atom is -0.428 e. The first-order valence-corrected chi connectivity index (χ1v) is 7.50. The van der Waals surface area contributed by atoms with Crippen LogP contribution in [-0.2, 0) is 4.74 Å². The highest BCUT2D eigenvalue weighted by molar-refractivity contribution is 9.11. The molecule has 0 saturated carbocycles. The lowest BCUT2D eigenvalue weighted by Gasteiger charge is -2.19. The number of benzene rings is 1. The van der Waals surface area contributed by atoms with Gasteiger partial charge in [-0.3, -0.25) is 4.98 Å². The average molecular weight is 403 g/mol. The zero-order valence-corrected chi connectivity index (χ0v) is 14.4. The van der Waals surface area contributed by atoms with Gasteiger partial charge in [0.05, 0.1) is 4.47 Å². The van der Waals surface area contributed by atoms with Gasteiger partial charge in [0, 0.05) is 16.1 Å². The molecule has 0 aliphatic heterocycles. The van der Waals surface area contributed by atoms with E-state index in [0.29, 0.717) is 15.7 Å². The fourth-order valence-electron chi connectivity index (χ4n) is 1.60. The molecule has 0 atom stereocenters. The molecule has 0 bridgehead atoms. The summed E-state index contributed by atoms with van der Waals surface area (Å²) in [5, 5.41) is 0.856. The second-order valence-corrected chi connectivity index (χ2v) is 6.84. The quantitative estimate of drug-likeness (QED) is 0.493. The molecule has 0 amide bonds. The Hall–Kier alpha value is -1.14. The molecule has 0 aliphatic rings. The first kappa shape index (κ1) is 15.3. The van der Waals surface area contributed by atoms with E-state index < -0.39 is 11.8 Å². The standard InChI is InChI=1S/C14H13Br2NO3/c1-14(2,3)20-13(18)19-12-10(16)7-9(15)8-5-4-6-17-11(8)12/h4-7H,1-3H3. The van der Waals surface area contributed by atoms with Crippen molar-refractivity contribution in [1.82, 2.24) is 4.98 Å². The molecule has 2 aromatic rings. The number of aromatic nitrogens is 1. The van der Waals surface area contributed by atoms with Crippen LogP contribution in [-0.4, -0.2) is 16.7 Å². The minimum atomic E-state index is -0.757. The molecule has 0 aliphatic carbocycles. The number of fused-ring (bicyclic) bond motifs is 1. The minimum absolute atomic E-state index is 0.345. The maximum Gasteiger partial charge on any atom is 0.514 e. The smallest absolute Gasteiger partial charge is 0.428 e. The lowest BCUT2D eigenvalue weighted by molar-refractivity contribution is 0.0207. The van der Waals surface area contributed by atoms with Crippen molar-refractivity contribution in [2.75, 3.05) is 0 Å². The Labute approximate surface area is 133 Å². The Balaban J connectivity index is 2.42. The van der Waals surface area contributed by atoms with E-state index in [1.54, 1.807) is 27.0 Å². The van der Waals surface area contributed by atoms with Crippen molar-refractivity contribution < 1.29 is 14.3 Å². The number of hydrogen-bond donors (Lipinski definition) is 0. The fraction of sp³-hybridized carbons (Fsp3) is 0.286. The van der Waals surface area contributed by atoms with Crippen LogP contribution in [0.1, 0.15) is 20.8 Å². The van der Waals surface area contributed by atoms with Crippen molar-refractivity contribution in [3.05, 3.63) is 33.3 Å². The predicted molar refractivity (Wildman–Crippen MR) is 84.0 cm³/mol. The van der Waals surface area contributed by atoms with Gasteiger partial charge in [-0.15, -0.1) is 0 Å². The fourth-order valence-corrected chi connectivity index (χ4v) is 2.95. The highest BCUT2D eigenvalue weighted by atomic mass is 79.9. The summed E-state index contributed by atoms with van der Waals surface area (Å²) in [4.78, 5) is 16.1. The van der Waals surface area contributed by atoms with Gasteiger partial charge >= 0.3 is 6.16 Å². The van der Waals surface area contributed by atoms with Crippen LogP contribution in [0.5, 0.6) is 5.75 Å². The van der Waals surface area contributed by atoms with Crippen molar-refractivity contribution in [3.8, 4) is 5.75 Å². The van der Waals surface area contributed by atoms with Gasteiger partial charge in [-0.25, -0.2) is 4.79 Å². The second kappa shape index (κ2) is 5.69. The van der Waals surface area contributed by atoms with Gasteiger partial charge in [-0.2, -0.15) is 0 Å². The van der Waals surface area contributed by atoms with Gasteiger partial charge in [0.1, 0.15) is 11.1 Å². The van der Waals surface area contributed by atoms with E-state index in [2.05, 4.69) is 36.8 Å². The van der Waals surface area contributed by atoms with E-state index in [4.69, 9.17) is 9.47 Å². The molecule has 0 spiro atoms. The van der Waals surface area contributed by atoms with Crippen molar-refractivity contribution in [2.45, 2.75) is 26.4 Å². The number of rotatable bonds is 1. The van der Waals surface area contributed by atoms with Crippen molar-refractivity contribution in [2.24, 2.45) is 0 Å². The third kappa shape index (κ3) is 3.49. The Bertz CT molecular complexity index is 665. The van der Waals surface area contributed by atoms with Gasteiger partial charge < -0.3 is 9.47 Å². The highest BCUT2D eigenvalue weighted by Gasteiger charge is 2.21. The van der Waals surface area contributed by atoms with Crippen molar-refractivity contribution >= 4 is 48.9 Å². The summed E-state index contributed by atoms with van der Waals surface area (Å²) in [5.41, 5.74) is -0.0260. The predicted octanol–water partition coefficient (Wildman–Crippen LogP) is 5.07. The summed E-state index contributed by atoms with van der Waals surface area (Å²) >= 11 is 6.83. The summed E-state index contributed by atoms with van der Waals surface area (Å²) in [6.45, 7) is 5.34. The van der Waals surface area contributed by atoms with Gasteiger partial charge in [-0.1, -0.05) is 22.0 Å². The normalized spacial score (nSPS) is 11.4. The van der Waals surface area contributed by atoms with E-state index >= 15 is 0 Å². The number of hydrogen-bond acceptors (Lipinski definition) is 4. The molecular weight excluding hydrogens is 390 g/mol. The molecule has 0 radical (unpaired) electrons. The lowest BCUT2D eigenvalue weighted by Crippen LogP contribution is -2.26. The number of nitrogens with zero attached hydrogens (tertiary/aromatic N) is 1. The number of carbonyl (C=O) groups excluding carboxylic acids is 1.